The van der Waals surface area contributed by atoms with Crippen LogP contribution in [0.2, 0.25) is 0 Å². The Morgan fingerprint density at radius 2 is 1.73 bits per heavy atom. The average Bonchev–Trinajstić information content (AvgIpc) is 2.84. The van der Waals surface area contributed by atoms with Crippen molar-refractivity contribution >= 4 is 0 Å². The van der Waals surface area contributed by atoms with E-state index in [4.69, 9.17) is 0 Å². The second-order valence-corrected chi connectivity index (χ2v) is 8.11. The van der Waals surface area contributed by atoms with E-state index in [9.17, 15) is 5.11 Å². The van der Waals surface area contributed by atoms with E-state index in [1.54, 1.807) is 6.07 Å². The van der Waals surface area contributed by atoms with E-state index in [-0.39, 0.29) is 17.2 Å². The van der Waals surface area contributed by atoms with Gasteiger partial charge in [-0.15, -0.1) is 0 Å². The Morgan fingerprint density at radius 3 is 2.36 bits per heavy atom. The van der Waals surface area contributed by atoms with Crippen molar-refractivity contribution in [3.63, 3.8) is 0 Å². The molecule has 1 aromatic carbocycles. The molecule has 2 saturated heterocycles. The van der Waals surface area contributed by atoms with Crippen LogP contribution in [0.15, 0.2) is 24.3 Å². The Labute approximate surface area is 133 Å². The van der Waals surface area contributed by atoms with E-state index in [1.807, 2.05) is 18.2 Å². The minimum Gasteiger partial charge on any atom is -0.508 e. The molecule has 2 aliphatic heterocycles. The predicted molar refractivity (Wildman–Crippen MR) is 89.9 cm³/mol. The van der Waals surface area contributed by atoms with E-state index < -0.39 is 0 Å². The zero-order chi connectivity index (χ0) is 16.0. The van der Waals surface area contributed by atoms with Gasteiger partial charge in [0, 0.05) is 35.8 Å². The van der Waals surface area contributed by atoms with Gasteiger partial charge in [0.2, 0.25) is 0 Å². The van der Waals surface area contributed by atoms with Gasteiger partial charge in [-0.1, -0.05) is 18.2 Å². The van der Waals surface area contributed by atoms with Gasteiger partial charge >= 0.3 is 0 Å². The molecule has 3 N–H and O–H groups in total. The van der Waals surface area contributed by atoms with Crippen LogP contribution in [0.25, 0.3) is 0 Å². The third kappa shape index (κ3) is 3.14. The maximum atomic E-state index is 10.2. The van der Waals surface area contributed by atoms with Crippen molar-refractivity contribution in [2.45, 2.75) is 63.8 Å². The van der Waals surface area contributed by atoms with Crippen LogP contribution in [0.4, 0.5) is 0 Å². The molecule has 0 aromatic heterocycles. The van der Waals surface area contributed by atoms with Crippen LogP contribution in [0.3, 0.4) is 0 Å². The number of nitrogens with one attached hydrogen (secondary N) is 2. The molecule has 0 spiro atoms. The zero-order valence-electron chi connectivity index (χ0n) is 14.2. The van der Waals surface area contributed by atoms with Crippen LogP contribution in [0, 0.1) is 0 Å². The van der Waals surface area contributed by atoms with Crippen molar-refractivity contribution < 1.29 is 5.11 Å². The minimum atomic E-state index is 0.121. The number of phenolic OH excluding ortho intramolecular Hbond substituents is 1. The van der Waals surface area contributed by atoms with Gasteiger partial charge in [0.05, 0.1) is 6.17 Å². The number of hydrogen-bond donors (Lipinski definition) is 3. The van der Waals surface area contributed by atoms with Gasteiger partial charge in [0.1, 0.15) is 5.75 Å². The van der Waals surface area contributed by atoms with Crippen LogP contribution in [0.1, 0.15) is 52.3 Å². The highest BCUT2D eigenvalue weighted by Gasteiger charge is 2.43. The van der Waals surface area contributed by atoms with Crippen LogP contribution in [-0.4, -0.2) is 40.2 Å². The third-order valence-corrected chi connectivity index (χ3v) is 4.91. The van der Waals surface area contributed by atoms with Crippen molar-refractivity contribution in [3.8, 4) is 5.75 Å². The van der Waals surface area contributed by atoms with Gasteiger partial charge in [-0.05, 0) is 46.6 Å². The Balaban J connectivity index is 1.85. The molecule has 0 saturated carbocycles. The maximum Gasteiger partial charge on any atom is 0.121 e. The fraction of sp³-hybridized carbons (Fsp3) is 0.667. The summed E-state index contributed by atoms with van der Waals surface area (Å²) in [6.07, 6.45) is 2.38. The lowest BCUT2D eigenvalue weighted by molar-refractivity contribution is 0.0549. The molecule has 122 valence electrons. The summed E-state index contributed by atoms with van der Waals surface area (Å²) in [5, 5.41) is 17.5. The molecule has 22 heavy (non-hydrogen) atoms. The van der Waals surface area contributed by atoms with E-state index in [0.717, 1.165) is 31.5 Å². The van der Waals surface area contributed by atoms with Gasteiger partial charge < -0.3 is 10.4 Å². The van der Waals surface area contributed by atoms with E-state index in [1.165, 1.54) is 0 Å². The highest BCUT2D eigenvalue weighted by Crippen LogP contribution is 2.37. The monoisotopic (exact) mass is 303 g/mol. The first-order valence-corrected chi connectivity index (χ1v) is 8.34. The Kier molecular flexibility index (Phi) is 3.96. The van der Waals surface area contributed by atoms with Crippen LogP contribution < -0.4 is 10.6 Å². The Bertz CT molecular complexity index is 525. The summed E-state index contributed by atoms with van der Waals surface area (Å²) in [7, 11) is 0. The summed E-state index contributed by atoms with van der Waals surface area (Å²) in [6.45, 7) is 11.2. The van der Waals surface area contributed by atoms with Gasteiger partial charge in [-0.3, -0.25) is 10.2 Å². The van der Waals surface area contributed by atoms with Gasteiger partial charge in [0.15, 0.2) is 0 Å². The fourth-order valence-electron chi connectivity index (χ4n) is 4.48. The highest BCUT2D eigenvalue weighted by molar-refractivity contribution is 5.35. The molecular formula is C18H29N3O. The molecule has 2 heterocycles. The van der Waals surface area contributed by atoms with E-state index >= 15 is 0 Å². The molecular weight excluding hydrogens is 274 g/mol. The topological polar surface area (TPSA) is 47.5 Å². The fourth-order valence-corrected chi connectivity index (χ4v) is 4.48. The second-order valence-electron chi connectivity index (χ2n) is 8.11. The standard InChI is InChI=1S/C18H29N3O/c1-17(2)11-13(12-18(3,4)20-17)21-10-9-19-16(21)14-7-5-6-8-15(14)22/h5-8,13,16,19-20,22H,9-12H2,1-4H3. The number of benzene rings is 1. The predicted octanol–water partition coefficient (Wildman–Crippen LogP) is 2.61. The van der Waals surface area contributed by atoms with E-state index in [2.05, 4.69) is 43.2 Å². The normalized spacial score (nSPS) is 28.8. The molecule has 0 aliphatic carbocycles. The first-order chi connectivity index (χ1) is 10.3. The molecule has 1 aromatic rings. The summed E-state index contributed by atoms with van der Waals surface area (Å²) in [4.78, 5) is 2.54. The molecule has 0 bridgehead atoms. The lowest BCUT2D eigenvalue weighted by Gasteiger charge is -2.50. The van der Waals surface area contributed by atoms with Gasteiger partial charge in [-0.2, -0.15) is 0 Å². The number of para-hydroxylation sites is 1. The molecule has 2 aliphatic rings. The molecule has 0 amide bonds. The van der Waals surface area contributed by atoms with Crippen molar-refractivity contribution in [1.29, 1.82) is 0 Å². The minimum absolute atomic E-state index is 0.121. The highest BCUT2D eigenvalue weighted by atomic mass is 16.3. The molecule has 0 radical (unpaired) electrons. The van der Waals surface area contributed by atoms with Gasteiger partial charge in [-0.25, -0.2) is 0 Å². The largest absolute Gasteiger partial charge is 0.508 e. The molecule has 1 unspecified atom stereocenters. The molecule has 3 rings (SSSR count). The van der Waals surface area contributed by atoms with Gasteiger partial charge in [0.25, 0.3) is 0 Å². The quantitative estimate of drug-likeness (QED) is 0.786. The van der Waals surface area contributed by atoms with Crippen LogP contribution >= 0.6 is 0 Å². The lowest BCUT2D eigenvalue weighted by Crippen LogP contribution is -2.62. The summed E-state index contributed by atoms with van der Waals surface area (Å²) in [5.41, 5.74) is 1.27. The van der Waals surface area contributed by atoms with Crippen LogP contribution in [0.5, 0.6) is 5.75 Å². The third-order valence-electron chi connectivity index (χ3n) is 4.91. The number of phenols is 1. The maximum absolute atomic E-state index is 10.2. The first-order valence-electron chi connectivity index (χ1n) is 8.34. The summed E-state index contributed by atoms with van der Waals surface area (Å²) in [6, 6.07) is 8.22. The number of rotatable bonds is 2. The Morgan fingerprint density at radius 1 is 1.09 bits per heavy atom. The second kappa shape index (κ2) is 5.52. The van der Waals surface area contributed by atoms with Crippen molar-refractivity contribution in [2.75, 3.05) is 13.1 Å². The summed E-state index contributed by atoms with van der Waals surface area (Å²) in [5.74, 6) is 0.388. The van der Waals surface area contributed by atoms with Crippen molar-refractivity contribution in [1.82, 2.24) is 15.5 Å². The van der Waals surface area contributed by atoms with Crippen molar-refractivity contribution in [3.05, 3.63) is 29.8 Å². The number of piperidine rings is 1. The van der Waals surface area contributed by atoms with E-state index in [0.29, 0.717) is 11.8 Å². The molecule has 4 nitrogen and oxygen atoms in total. The molecule has 4 heteroatoms. The number of nitrogens with zero attached hydrogens (tertiary/aromatic N) is 1. The molecule has 2 fully saturated rings. The summed E-state index contributed by atoms with van der Waals surface area (Å²) >= 11 is 0. The number of aromatic hydroxyl groups is 1. The Hall–Kier alpha value is -1.10. The SMILES string of the molecule is CC1(C)CC(N2CCNC2c2ccccc2O)CC(C)(C)N1. The first kappa shape index (κ1) is 15.8. The van der Waals surface area contributed by atoms with Crippen molar-refractivity contribution in [2.24, 2.45) is 0 Å². The van der Waals surface area contributed by atoms with Crippen LogP contribution in [-0.2, 0) is 0 Å². The summed E-state index contributed by atoms with van der Waals surface area (Å²) < 4.78 is 0. The number of hydrogen-bond acceptors (Lipinski definition) is 4. The zero-order valence-corrected chi connectivity index (χ0v) is 14.2. The average molecular weight is 303 g/mol. The smallest absolute Gasteiger partial charge is 0.121 e. The lowest BCUT2D eigenvalue weighted by atomic mass is 9.79. The molecule has 1 atom stereocenters.